The Morgan fingerprint density at radius 1 is 1.18 bits per heavy atom. The van der Waals surface area contributed by atoms with Gasteiger partial charge in [0, 0.05) is 24.2 Å². The quantitative estimate of drug-likeness (QED) is 0.878. The van der Waals surface area contributed by atoms with Gasteiger partial charge in [-0.15, -0.1) is 0 Å². The molecule has 22 heavy (non-hydrogen) atoms. The van der Waals surface area contributed by atoms with Crippen LogP contribution in [0.25, 0.3) is 5.69 Å². The van der Waals surface area contributed by atoms with Crippen LogP contribution < -0.4 is 5.32 Å². The molecule has 5 heteroatoms. The molecule has 0 saturated carbocycles. The first-order valence-corrected chi connectivity index (χ1v) is 7.78. The van der Waals surface area contributed by atoms with E-state index in [-0.39, 0.29) is 11.7 Å². The molecule has 3 heterocycles. The highest BCUT2D eigenvalue weighted by atomic mass is 16.5. The van der Waals surface area contributed by atoms with Crippen molar-refractivity contribution in [1.29, 1.82) is 0 Å². The summed E-state index contributed by atoms with van der Waals surface area (Å²) < 4.78 is 7.30. The predicted octanol–water partition coefficient (Wildman–Crippen LogP) is 1.82. The fourth-order valence-corrected chi connectivity index (χ4v) is 3.46. The normalized spacial score (nSPS) is 27.5. The van der Waals surface area contributed by atoms with E-state index < -0.39 is 0 Å². The summed E-state index contributed by atoms with van der Waals surface area (Å²) in [6.07, 6.45) is 5.23. The van der Waals surface area contributed by atoms with Crippen LogP contribution >= 0.6 is 0 Å². The van der Waals surface area contributed by atoms with E-state index in [9.17, 15) is 4.79 Å². The van der Waals surface area contributed by atoms with Crippen LogP contribution in [-0.2, 0) is 4.74 Å². The molecular weight excluding hydrogens is 278 g/mol. The summed E-state index contributed by atoms with van der Waals surface area (Å²) in [5.41, 5.74) is 1.67. The van der Waals surface area contributed by atoms with Crippen molar-refractivity contribution in [3.63, 3.8) is 0 Å². The first kappa shape index (κ1) is 13.7. The zero-order valence-electron chi connectivity index (χ0n) is 12.3. The standard InChI is InChI=1S/C17H19N3O2/c21-17(12-6-14-10-22-11-15(7-12)19-14)13-8-18-20(9-13)16-4-2-1-3-5-16/h1-5,8-9,12,14-15,19H,6-7,10-11H2. The third kappa shape index (κ3) is 2.58. The van der Waals surface area contributed by atoms with Gasteiger partial charge in [0.15, 0.2) is 5.78 Å². The molecule has 2 aliphatic rings. The van der Waals surface area contributed by atoms with Crippen LogP contribution in [0.15, 0.2) is 42.7 Å². The number of benzene rings is 1. The minimum atomic E-state index is 0.0774. The second-order valence-corrected chi connectivity index (χ2v) is 6.14. The van der Waals surface area contributed by atoms with Crippen LogP contribution in [-0.4, -0.2) is 40.9 Å². The van der Waals surface area contributed by atoms with E-state index in [1.807, 2.05) is 36.5 Å². The van der Waals surface area contributed by atoms with E-state index in [1.54, 1.807) is 10.9 Å². The molecule has 0 radical (unpaired) electrons. The number of Topliss-reactive ketones (excluding diaryl/α,β-unsaturated/α-hetero) is 1. The number of nitrogens with one attached hydrogen (secondary N) is 1. The van der Waals surface area contributed by atoms with Gasteiger partial charge in [0.2, 0.25) is 0 Å². The van der Waals surface area contributed by atoms with E-state index in [4.69, 9.17) is 4.74 Å². The molecular formula is C17H19N3O2. The zero-order chi connectivity index (χ0) is 14.9. The van der Waals surface area contributed by atoms with Crippen LogP contribution in [0.1, 0.15) is 23.2 Å². The van der Waals surface area contributed by atoms with Crippen molar-refractivity contribution >= 4 is 5.78 Å². The highest BCUT2D eigenvalue weighted by Crippen LogP contribution is 2.27. The van der Waals surface area contributed by atoms with Crippen molar-refractivity contribution in [2.24, 2.45) is 5.92 Å². The molecule has 114 valence electrons. The number of carbonyl (C=O) groups is 1. The van der Waals surface area contributed by atoms with E-state index >= 15 is 0 Å². The van der Waals surface area contributed by atoms with Gasteiger partial charge in [0.25, 0.3) is 0 Å². The number of ketones is 1. The van der Waals surface area contributed by atoms with E-state index in [0.29, 0.717) is 30.9 Å². The van der Waals surface area contributed by atoms with Crippen molar-refractivity contribution in [3.05, 3.63) is 48.3 Å². The van der Waals surface area contributed by atoms with Gasteiger partial charge in [-0.3, -0.25) is 4.79 Å². The summed E-state index contributed by atoms with van der Waals surface area (Å²) in [5.74, 6) is 0.286. The molecule has 0 aliphatic carbocycles. The third-order valence-electron chi connectivity index (χ3n) is 4.51. The topological polar surface area (TPSA) is 56.2 Å². The van der Waals surface area contributed by atoms with Crippen LogP contribution in [0.4, 0.5) is 0 Å². The largest absolute Gasteiger partial charge is 0.378 e. The number of ether oxygens (including phenoxy) is 1. The molecule has 2 aromatic rings. The van der Waals surface area contributed by atoms with Gasteiger partial charge in [-0.05, 0) is 25.0 Å². The molecule has 2 unspecified atom stereocenters. The molecule has 4 rings (SSSR count). The number of piperidine rings is 1. The number of hydrogen-bond acceptors (Lipinski definition) is 4. The number of para-hydroxylation sites is 1. The Kier molecular flexibility index (Phi) is 3.52. The summed E-state index contributed by atoms with van der Waals surface area (Å²) in [6.45, 7) is 1.42. The van der Waals surface area contributed by atoms with Crippen molar-refractivity contribution in [2.45, 2.75) is 24.9 Å². The Morgan fingerprint density at radius 3 is 2.64 bits per heavy atom. The number of fused-ring (bicyclic) bond motifs is 2. The summed E-state index contributed by atoms with van der Waals surface area (Å²) in [5, 5.41) is 7.85. The van der Waals surface area contributed by atoms with Crippen LogP contribution in [0.3, 0.4) is 0 Å². The molecule has 2 fully saturated rings. The Bertz CT molecular complexity index is 656. The summed E-state index contributed by atoms with van der Waals surface area (Å²) in [7, 11) is 0. The Hall–Kier alpha value is -1.98. The highest BCUT2D eigenvalue weighted by molar-refractivity contribution is 5.97. The maximum atomic E-state index is 12.8. The number of rotatable bonds is 3. The average molecular weight is 297 g/mol. The van der Waals surface area contributed by atoms with Crippen molar-refractivity contribution in [2.75, 3.05) is 13.2 Å². The highest BCUT2D eigenvalue weighted by Gasteiger charge is 2.35. The van der Waals surface area contributed by atoms with Gasteiger partial charge in [-0.2, -0.15) is 5.10 Å². The first-order valence-electron chi connectivity index (χ1n) is 7.78. The molecule has 2 atom stereocenters. The molecule has 1 N–H and O–H groups in total. The molecule has 2 aliphatic heterocycles. The fourth-order valence-electron chi connectivity index (χ4n) is 3.46. The van der Waals surface area contributed by atoms with Gasteiger partial charge >= 0.3 is 0 Å². The van der Waals surface area contributed by atoms with Crippen molar-refractivity contribution < 1.29 is 9.53 Å². The van der Waals surface area contributed by atoms with Crippen molar-refractivity contribution in [3.8, 4) is 5.69 Å². The lowest BCUT2D eigenvalue weighted by atomic mass is 9.83. The van der Waals surface area contributed by atoms with Gasteiger partial charge < -0.3 is 10.1 Å². The van der Waals surface area contributed by atoms with Gasteiger partial charge in [-0.25, -0.2) is 4.68 Å². The number of carbonyl (C=O) groups excluding carboxylic acids is 1. The smallest absolute Gasteiger partial charge is 0.169 e. The monoisotopic (exact) mass is 297 g/mol. The van der Waals surface area contributed by atoms with E-state index in [0.717, 1.165) is 18.5 Å². The molecule has 5 nitrogen and oxygen atoms in total. The van der Waals surface area contributed by atoms with Crippen LogP contribution in [0.2, 0.25) is 0 Å². The summed E-state index contributed by atoms with van der Waals surface area (Å²) in [6, 6.07) is 10.5. The maximum Gasteiger partial charge on any atom is 0.169 e. The van der Waals surface area contributed by atoms with Crippen LogP contribution in [0.5, 0.6) is 0 Å². The fraction of sp³-hybridized carbons (Fsp3) is 0.412. The third-order valence-corrected chi connectivity index (χ3v) is 4.51. The SMILES string of the molecule is O=C(c1cnn(-c2ccccc2)c1)C1CC2COCC(C1)N2. The average Bonchev–Trinajstić information content (AvgIpc) is 3.04. The van der Waals surface area contributed by atoms with Crippen LogP contribution in [0, 0.1) is 5.92 Å². The minimum absolute atomic E-state index is 0.0774. The lowest BCUT2D eigenvalue weighted by Gasteiger charge is -2.39. The van der Waals surface area contributed by atoms with E-state index in [2.05, 4.69) is 10.4 Å². The molecule has 1 aromatic carbocycles. The van der Waals surface area contributed by atoms with E-state index in [1.165, 1.54) is 0 Å². The summed E-state index contributed by atoms with van der Waals surface area (Å²) >= 11 is 0. The number of morpholine rings is 1. The predicted molar refractivity (Wildman–Crippen MR) is 82.1 cm³/mol. The number of nitrogens with zero attached hydrogens (tertiary/aromatic N) is 2. The second-order valence-electron chi connectivity index (χ2n) is 6.14. The Morgan fingerprint density at radius 2 is 1.91 bits per heavy atom. The Balaban J connectivity index is 1.52. The minimum Gasteiger partial charge on any atom is -0.378 e. The Labute approximate surface area is 129 Å². The molecule has 2 bridgehead atoms. The molecule has 2 saturated heterocycles. The van der Waals surface area contributed by atoms with Gasteiger partial charge in [-0.1, -0.05) is 18.2 Å². The summed E-state index contributed by atoms with van der Waals surface area (Å²) in [4.78, 5) is 12.8. The lowest BCUT2D eigenvalue weighted by molar-refractivity contribution is 0.00953. The number of hydrogen-bond donors (Lipinski definition) is 1. The first-order chi connectivity index (χ1) is 10.8. The molecule has 1 aromatic heterocycles. The molecule has 0 spiro atoms. The number of aromatic nitrogens is 2. The maximum absolute atomic E-state index is 12.8. The van der Waals surface area contributed by atoms with Crippen molar-refractivity contribution in [1.82, 2.24) is 15.1 Å². The zero-order valence-corrected chi connectivity index (χ0v) is 12.3. The van der Waals surface area contributed by atoms with Gasteiger partial charge in [0.05, 0.1) is 30.7 Å². The second kappa shape index (κ2) is 5.66. The lowest BCUT2D eigenvalue weighted by Crippen LogP contribution is -2.55. The van der Waals surface area contributed by atoms with Gasteiger partial charge in [0.1, 0.15) is 0 Å². The molecule has 0 amide bonds.